The van der Waals surface area contributed by atoms with E-state index < -0.39 is 0 Å². The number of anilines is 2. The number of hydrogen-bond acceptors (Lipinski definition) is 10. The average molecular weight is 874 g/mol. The molecule has 6 heterocycles. The van der Waals surface area contributed by atoms with Crippen LogP contribution in [0, 0.1) is 0 Å². The molecule has 4 aromatic heterocycles. The van der Waals surface area contributed by atoms with Crippen molar-refractivity contribution in [3.63, 3.8) is 0 Å². The first kappa shape index (κ1) is 46.8. The summed E-state index contributed by atoms with van der Waals surface area (Å²) in [7, 11) is 6.16. The van der Waals surface area contributed by atoms with Crippen molar-refractivity contribution in [3.8, 4) is 0 Å². The molecule has 2 fully saturated rings. The van der Waals surface area contributed by atoms with Gasteiger partial charge in [-0.3, -0.25) is 32.8 Å². The van der Waals surface area contributed by atoms with E-state index in [9.17, 15) is 19.2 Å². The van der Waals surface area contributed by atoms with Gasteiger partial charge in [0.05, 0.1) is 34.1 Å². The summed E-state index contributed by atoms with van der Waals surface area (Å²) in [6.45, 7) is 9.80. The third-order valence-corrected chi connectivity index (χ3v) is 11.1. The molecule has 0 unspecified atom stereocenters. The van der Waals surface area contributed by atoms with Gasteiger partial charge in [0.15, 0.2) is 22.3 Å². The van der Waals surface area contributed by atoms with Crippen LogP contribution in [0.5, 0.6) is 0 Å². The van der Waals surface area contributed by atoms with Crippen LogP contribution >= 0.6 is 34.8 Å². The topological polar surface area (TPSA) is 145 Å². The Bertz CT molecular complexity index is 2580. The van der Waals surface area contributed by atoms with Crippen LogP contribution in [0.4, 0.5) is 11.4 Å². The lowest BCUT2D eigenvalue weighted by Gasteiger charge is -2.36. The number of benzene rings is 2. The number of halogens is 3. The van der Waals surface area contributed by atoms with E-state index in [4.69, 9.17) is 34.8 Å². The number of alkyl halides is 1. The number of hydrogen-bond donors (Lipinski definition) is 1. The molecule has 2 aliphatic rings. The largest absolute Gasteiger partial charge is 0.368 e. The Morgan fingerprint density at radius 3 is 1.44 bits per heavy atom. The highest BCUT2D eigenvalue weighted by Gasteiger charge is 2.20. The van der Waals surface area contributed by atoms with Gasteiger partial charge in [0.2, 0.25) is 0 Å². The molecule has 19 heteroatoms. The van der Waals surface area contributed by atoms with Gasteiger partial charge in [-0.25, -0.2) is 19.6 Å². The Morgan fingerprint density at radius 1 is 0.576 bits per heavy atom. The SMILES string of the molecule is C.C.Clc1ccccc1N1CCNCC1.Cn1c(=O)c2c(ncn2CCCl)n(C)c1=O.Cn1c(=O)c2c(ncn2CCN2CCN(c3ccccc3Cl)CC2)n(C)c1=O. The summed E-state index contributed by atoms with van der Waals surface area (Å²) in [6.07, 6.45) is 3.17. The van der Waals surface area contributed by atoms with Crippen molar-refractivity contribution in [2.24, 2.45) is 28.2 Å². The van der Waals surface area contributed by atoms with E-state index in [0.29, 0.717) is 41.3 Å². The number of fused-ring (bicyclic) bond motifs is 2. The first-order chi connectivity index (χ1) is 27.4. The molecular formula is C40H55Cl3N12O4. The monoisotopic (exact) mass is 872 g/mol. The van der Waals surface area contributed by atoms with Crippen molar-refractivity contribution >= 4 is 68.5 Å². The molecule has 59 heavy (non-hydrogen) atoms. The molecule has 0 aliphatic carbocycles. The summed E-state index contributed by atoms with van der Waals surface area (Å²) in [5.41, 5.74) is 2.53. The number of rotatable bonds is 7. The summed E-state index contributed by atoms with van der Waals surface area (Å²) in [5.74, 6) is 0.386. The molecule has 0 atom stereocenters. The van der Waals surface area contributed by atoms with Gasteiger partial charge in [-0.1, -0.05) is 62.3 Å². The molecular weight excluding hydrogens is 819 g/mol. The Morgan fingerprint density at radius 2 is 1.00 bits per heavy atom. The third-order valence-electron chi connectivity index (χ3n) is 10.3. The summed E-state index contributed by atoms with van der Waals surface area (Å²) < 4.78 is 8.45. The molecule has 6 aromatic rings. The lowest BCUT2D eigenvalue weighted by atomic mass is 10.2. The third kappa shape index (κ3) is 10.1. The normalized spacial score (nSPS) is 14.2. The molecule has 0 bridgehead atoms. The van der Waals surface area contributed by atoms with Crippen molar-refractivity contribution < 1.29 is 0 Å². The van der Waals surface area contributed by atoms with E-state index in [1.807, 2.05) is 41.0 Å². The number of nitrogens with zero attached hydrogens (tertiary/aromatic N) is 11. The van der Waals surface area contributed by atoms with E-state index in [2.05, 4.69) is 42.1 Å². The maximum absolute atomic E-state index is 12.5. The maximum atomic E-state index is 12.5. The second kappa shape index (κ2) is 20.9. The van der Waals surface area contributed by atoms with Gasteiger partial charge in [-0.2, -0.15) is 0 Å². The van der Waals surface area contributed by atoms with E-state index in [-0.39, 0.29) is 37.4 Å². The summed E-state index contributed by atoms with van der Waals surface area (Å²) in [4.78, 5) is 63.4. The molecule has 8 rings (SSSR count). The number of aryl methyl sites for hydroxylation is 3. The second-order valence-corrected chi connectivity index (χ2v) is 15.0. The molecule has 0 amide bonds. The Balaban J connectivity index is 0.000000211. The molecule has 2 aromatic carbocycles. The van der Waals surface area contributed by atoms with Crippen LogP contribution in [-0.4, -0.2) is 107 Å². The molecule has 2 saturated heterocycles. The van der Waals surface area contributed by atoms with Gasteiger partial charge in [0.25, 0.3) is 11.1 Å². The fourth-order valence-electron chi connectivity index (χ4n) is 7.01. The minimum absolute atomic E-state index is 0. The number of imidazole rings is 2. The highest BCUT2D eigenvalue weighted by Crippen LogP contribution is 2.26. The van der Waals surface area contributed by atoms with Crippen LogP contribution in [0.3, 0.4) is 0 Å². The highest BCUT2D eigenvalue weighted by atomic mass is 35.5. The van der Waals surface area contributed by atoms with Gasteiger partial charge in [-0.05, 0) is 24.3 Å². The predicted octanol–water partition coefficient (Wildman–Crippen LogP) is 3.60. The Kier molecular flexibility index (Phi) is 16.6. The highest BCUT2D eigenvalue weighted by molar-refractivity contribution is 6.33. The first-order valence-electron chi connectivity index (χ1n) is 18.6. The van der Waals surface area contributed by atoms with E-state index in [1.54, 1.807) is 25.0 Å². The van der Waals surface area contributed by atoms with Crippen LogP contribution in [0.15, 0.2) is 80.4 Å². The number of piperazine rings is 2. The van der Waals surface area contributed by atoms with E-state index in [0.717, 1.165) is 89.5 Å². The minimum atomic E-state index is -0.381. The minimum Gasteiger partial charge on any atom is -0.368 e. The van der Waals surface area contributed by atoms with Gasteiger partial charge in [0.1, 0.15) is 0 Å². The zero-order valence-electron chi connectivity index (χ0n) is 32.4. The summed E-state index contributed by atoms with van der Waals surface area (Å²) in [5, 5.41) is 4.95. The molecule has 0 spiro atoms. The molecule has 2 aliphatic heterocycles. The molecule has 16 nitrogen and oxygen atoms in total. The van der Waals surface area contributed by atoms with Crippen LogP contribution < -0.4 is 37.6 Å². The Labute approximate surface area is 358 Å². The van der Waals surface area contributed by atoms with Crippen molar-refractivity contribution in [3.05, 3.63) is 113 Å². The van der Waals surface area contributed by atoms with E-state index >= 15 is 0 Å². The molecule has 1 N–H and O–H groups in total. The van der Waals surface area contributed by atoms with Crippen LogP contribution in [-0.2, 0) is 41.3 Å². The summed E-state index contributed by atoms with van der Waals surface area (Å²) in [6, 6.07) is 15.9. The quantitative estimate of drug-likeness (QED) is 0.237. The summed E-state index contributed by atoms with van der Waals surface area (Å²) >= 11 is 18.0. The second-order valence-electron chi connectivity index (χ2n) is 13.8. The standard InChI is InChI=1S/C19H23ClN6O2.C10H13ClN2.C9H11ClN4O2.2CH4/c1-22-17-16(18(27)23(2)19(22)28)26(13-21-17)12-9-24-7-10-25(11-8-24)15-6-4-3-5-14(15)20;11-9-3-1-2-4-10(9)13-7-5-12-6-8-13;1-12-7-6(8(15)13(2)9(12)16)14(4-3-10)5-11-7;;/h3-6,13H,7-12H2,1-2H3;1-4,12H,5-8H2;5H,3-4H2,1-2H3;2*1H4. The number of aromatic nitrogens is 8. The number of nitrogens with one attached hydrogen (secondary N) is 1. The zero-order chi connectivity index (χ0) is 40.8. The van der Waals surface area contributed by atoms with Crippen molar-refractivity contribution in [1.29, 1.82) is 0 Å². The fourth-order valence-corrected chi connectivity index (χ4v) is 7.70. The van der Waals surface area contributed by atoms with Crippen molar-refractivity contribution in [2.75, 3.05) is 74.6 Å². The van der Waals surface area contributed by atoms with Crippen LogP contribution in [0.25, 0.3) is 22.3 Å². The zero-order valence-corrected chi connectivity index (χ0v) is 34.7. The van der Waals surface area contributed by atoms with E-state index in [1.165, 1.54) is 29.6 Å². The Hall–Kier alpha value is -4.87. The molecule has 0 radical (unpaired) electrons. The smallest absolute Gasteiger partial charge is 0.332 e. The molecule has 320 valence electrons. The fraction of sp³-hybridized carbons (Fsp3) is 0.450. The van der Waals surface area contributed by atoms with Gasteiger partial charge < -0.3 is 24.3 Å². The average Bonchev–Trinajstić information content (AvgIpc) is 3.86. The van der Waals surface area contributed by atoms with Crippen LogP contribution in [0.1, 0.15) is 14.9 Å². The van der Waals surface area contributed by atoms with Gasteiger partial charge in [0, 0.05) is 106 Å². The van der Waals surface area contributed by atoms with Crippen LogP contribution in [0.2, 0.25) is 10.0 Å². The maximum Gasteiger partial charge on any atom is 0.332 e. The van der Waals surface area contributed by atoms with Crippen molar-refractivity contribution in [2.45, 2.75) is 27.9 Å². The number of para-hydroxylation sites is 2. The lowest BCUT2D eigenvalue weighted by molar-refractivity contribution is 0.249. The molecule has 0 saturated carbocycles. The van der Waals surface area contributed by atoms with Gasteiger partial charge in [-0.15, -0.1) is 11.6 Å². The lowest BCUT2D eigenvalue weighted by Crippen LogP contribution is -2.47. The predicted molar refractivity (Wildman–Crippen MR) is 241 cm³/mol. The van der Waals surface area contributed by atoms with Gasteiger partial charge >= 0.3 is 11.4 Å². The first-order valence-corrected chi connectivity index (χ1v) is 19.9. The van der Waals surface area contributed by atoms with Crippen molar-refractivity contribution in [1.82, 2.24) is 47.6 Å².